The molecule has 0 aliphatic rings. The molecule has 0 spiro atoms. The van der Waals surface area contributed by atoms with Crippen LogP contribution in [0, 0.1) is 0 Å². The van der Waals surface area contributed by atoms with Crippen LogP contribution in [0.15, 0.2) is 10.4 Å². The molecule has 6 nitrogen and oxygen atoms in total. The van der Waals surface area contributed by atoms with E-state index < -0.39 is 12.0 Å². The van der Waals surface area contributed by atoms with Crippen LogP contribution in [-0.4, -0.2) is 29.3 Å². The van der Waals surface area contributed by atoms with Gasteiger partial charge in [0.05, 0.1) is 22.8 Å². The van der Waals surface area contributed by atoms with Crippen molar-refractivity contribution >= 4 is 40.2 Å². The molecule has 0 aliphatic heterocycles. The number of nitrogens with zero attached hydrogens (tertiary/aromatic N) is 1. The average molecular weight is 261 g/mol. The van der Waals surface area contributed by atoms with Crippen molar-refractivity contribution in [3.8, 4) is 0 Å². The highest BCUT2D eigenvalue weighted by Gasteiger charge is 2.09. The summed E-state index contributed by atoms with van der Waals surface area (Å²) < 4.78 is 5.39. The Bertz CT molecular complexity index is 380. The fourth-order valence-electron chi connectivity index (χ4n) is 0.793. The fraction of sp³-hybridized carbons (Fsp3) is 0.375. The number of hydrogen-bond donors (Lipinski definition) is 2. The van der Waals surface area contributed by atoms with E-state index in [4.69, 9.17) is 5.73 Å². The van der Waals surface area contributed by atoms with Gasteiger partial charge in [-0.3, -0.25) is 10.1 Å². The monoisotopic (exact) mass is 261 g/mol. The first-order valence-electron chi connectivity index (χ1n) is 4.42. The van der Waals surface area contributed by atoms with E-state index in [0.717, 1.165) is 4.21 Å². The minimum Gasteiger partial charge on any atom is -0.450 e. The Balaban J connectivity index is 2.27. The van der Waals surface area contributed by atoms with Gasteiger partial charge in [-0.1, -0.05) is 11.3 Å². The molecule has 0 atom stereocenters. The summed E-state index contributed by atoms with van der Waals surface area (Å²) in [4.78, 5) is 25.9. The van der Waals surface area contributed by atoms with Gasteiger partial charge < -0.3 is 10.5 Å². The number of nitrogens with two attached hydrogens (primary N) is 1. The maximum atomic E-state index is 11.2. The van der Waals surface area contributed by atoms with Crippen LogP contribution in [0.4, 0.5) is 9.93 Å². The van der Waals surface area contributed by atoms with Gasteiger partial charge in [0.15, 0.2) is 5.13 Å². The van der Waals surface area contributed by atoms with Crippen molar-refractivity contribution in [1.82, 2.24) is 10.3 Å². The van der Waals surface area contributed by atoms with E-state index in [1.807, 2.05) is 0 Å². The van der Waals surface area contributed by atoms with Gasteiger partial charge in [0.25, 0.3) is 0 Å². The van der Waals surface area contributed by atoms with E-state index in [1.165, 1.54) is 23.1 Å². The molecule has 1 rings (SSSR count). The molecular formula is C8H11N3O3S2. The summed E-state index contributed by atoms with van der Waals surface area (Å²) in [7, 11) is 0. The molecule has 88 valence electrons. The Kier molecular flexibility index (Phi) is 5.06. The number of thioether (sulfide) groups is 1. The van der Waals surface area contributed by atoms with Gasteiger partial charge in [-0.2, -0.15) is 0 Å². The van der Waals surface area contributed by atoms with Crippen LogP contribution in [0.2, 0.25) is 0 Å². The van der Waals surface area contributed by atoms with Crippen molar-refractivity contribution in [3.05, 3.63) is 6.20 Å². The van der Waals surface area contributed by atoms with Crippen LogP contribution in [0.5, 0.6) is 0 Å². The van der Waals surface area contributed by atoms with E-state index in [-0.39, 0.29) is 12.4 Å². The van der Waals surface area contributed by atoms with Crippen LogP contribution in [0.1, 0.15) is 6.92 Å². The Morgan fingerprint density at radius 3 is 3.00 bits per heavy atom. The summed E-state index contributed by atoms with van der Waals surface area (Å²) >= 11 is 2.56. The lowest BCUT2D eigenvalue weighted by atomic mass is 10.7. The third-order valence-electron chi connectivity index (χ3n) is 1.36. The number of carbonyl (C=O) groups excluding carboxylic acids is 2. The number of nitrogen functional groups attached to an aromatic ring is 1. The highest BCUT2D eigenvalue weighted by Crippen LogP contribution is 2.25. The average Bonchev–Trinajstić information content (AvgIpc) is 2.61. The molecule has 16 heavy (non-hydrogen) atoms. The lowest BCUT2D eigenvalue weighted by Gasteiger charge is -2.02. The Morgan fingerprint density at radius 2 is 2.44 bits per heavy atom. The molecule has 0 fully saturated rings. The Labute approximate surface area is 101 Å². The van der Waals surface area contributed by atoms with Crippen molar-refractivity contribution < 1.29 is 14.3 Å². The minimum absolute atomic E-state index is 0.125. The fourth-order valence-corrected chi connectivity index (χ4v) is 2.35. The molecule has 1 aromatic heterocycles. The van der Waals surface area contributed by atoms with Crippen LogP contribution >= 0.6 is 23.1 Å². The molecular weight excluding hydrogens is 250 g/mol. The van der Waals surface area contributed by atoms with Crippen LogP contribution < -0.4 is 11.1 Å². The summed E-state index contributed by atoms with van der Waals surface area (Å²) in [6, 6.07) is 0. The number of aromatic nitrogens is 1. The molecule has 0 aromatic carbocycles. The molecule has 1 heterocycles. The molecule has 0 saturated heterocycles. The van der Waals surface area contributed by atoms with Gasteiger partial charge >= 0.3 is 6.09 Å². The number of imide groups is 1. The number of amides is 2. The van der Waals surface area contributed by atoms with Crippen molar-refractivity contribution in [2.75, 3.05) is 18.1 Å². The van der Waals surface area contributed by atoms with E-state index in [2.05, 4.69) is 15.0 Å². The SMILES string of the molecule is CCOC(=O)NC(=O)CSc1cnc(N)s1. The molecule has 0 unspecified atom stereocenters. The third-order valence-corrected chi connectivity index (χ3v) is 3.39. The number of anilines is 1. The lowest BCUT2D eigenvalue weighted by Crippen LogP contribution is -2.32. The topological polar surface area (TPSA) is 94.3 Å². The summed E-state index contributed by atoms with van der Waals surface area (Å²) in [6.45, 7) is 1.90. The van der Waals surface area contributed by atoms with Crippen LogP contribution in [-0.2, 0) is 9.53 Å². The van der Waals surface area contributed by atoms with Gasteiger partial charge in [0.1, 0.15) is 0 Å². The second-order valence-electron chi connectivity index (χ2n) is 2.57. The first-order valence-corrected chi connectivity index (χ1v) is 6.22. The molecule has 2 amide bonds. The predicted molar refractivity (Wildman–Crippen MR) is 62.4 cm³/mol. The summed E-state index contributed by atoms with van der Waals surface area (Å²) in [5.41, 5.74) is 5.42. The summed E-state index contributed by atoms with van der Waals surface area (Å²) in [6.07, 6.45) is 0.861. The zero-order valence-corrected chi connectivity index (χ0v) is 10.2. The van der Waals surface area contributed by atoms with E-state index in [9.17, 15) is 9.59 Å². The van der Waals surface area contributed by atoms with Crippen molar-refractivity contribution in [2.24, 2.45) is 0 Å². The highest BCUT2D eigenvalue weighted by molar-refractivity contribution is 8.01. The van der Waals surface area contributed by atoms with Gasteiger partial charge in [-0.15, -0.1) is 11.8 Å². The van der Waals surface area contributed by atoms with Crippen LogP contribution in [0.3, 0.4) is 0 Å². The molecule has 8 heteroatoms. The largest absolute Gasteiger partial charge is 0.450 e. The zero-order chi connectivity index (χ0) is 12.0. The summed E-state index contributed by atoms with van der Waals surface area (Å²) in [5, 5.41) is 2.54. The van der Waals surface area contributed by atoms with Crippen LogP contribution in [0.25, 0.3) is 0 Å². The Morgan fingerprint density at radius 1 is 1.69 bits per heavy atom. The molecule has 0 bridgehead atoms. The number of nitrogens with one attached hydrogen (secondary N) is 1. The number of hydrogen-bond acceptors (Lipinski definition) is 7. The molecule has 1 aromatic rings. The maximum Gasteiger partial charge on any atom is 0.413 e. The predicted octanol–water partition coefficient (Wildman–Crippen LogP) is 1.09. The third kappa shape index (κ3) is 4.49. The van der Waals surface area contributed by atoms with E-state index >= 15 is 0 Å². The van der Waals surface area contributed by atoms with E-state index in [0.29, 0.717) is 5.13 Å². The normalized spacial score (nSPS) is 9.81. The zero-order valence-electron chi connectivity index (χ0n) is 8.56. The summed E-state index contributed by atoms with van der Waals surface area (Å²) in [5.74, 6) is -0.282. The second-order valence-corrected chi connectivity index (χ2v) is 4.91. The number of thiazole rings is 1. The number of rotatable bonds is 4. The van der Waals surface area contributed by atoms with Gasteiger partial charge in [-0.05, 0) is 6.92 Å². The van der Waals surface area contributed by atoms with Crippen molar-refractivity contribution in [1.29, 1.82) is 0 Å². The first kappa shape index (κ1) is 12.8. The standard InChI is InChI=1S/C8H11N3O3S2/c1-2-14-8(13)11-5(12)4-15-6-3-10-7(9)16-6/h3H,2,4H2,1H3,(H2,9,10)(H,11,12,13). The van der Waals surface area contributed by atoms with Gasteiger partial charge in [0.2, 0.25) is 5.91 Å². The molecule has 0 aliphatic carbocycles. The van der Waals surface area contributed by atoms with Crippen molar-refractivity contribution in [2.45, 2.75) is 11.1 Å². The minimum atomic E-state index is -0.725. The van der Waals surface area contributed by atoms with Gasteiger partial charge in [0, 0.05) is 0 Å². The highest BCUT2D eigenvalue weighted by atomic mass is 32.2. The first-order chi connectivity index (χ1) is 7.61. The molecule has 0 radical (unpaired) electrons. The number of carbonyl (C=O) groups is 2. The molecule has 3 N–H and O–H groups in total. The smallest absolute Gasteiger partial charge is 0.413 e. The van der Waals surface area contributed by atoms with Crippen molar-refractivity contribution in [3.63, 3.8) is 0 Å². The second kappa shape index (κ2) is 6.33. The molecule has 0 saturated carbocycles. The number of alkyl carbamates (subject to hydrolysis) is 1. The lowest BCUT2D eigenvalue weighted by molar-refractivity contribution is -0.117. The van der Waals surface area contributed by atoms with Gasteiger partial charge in [-0.25, -0.2) is 9.78 Å². The quantitative estimate of drug-likeness (QED) is 0.788. The Hall–Kier alpha value is -1.28. The number of ether oxygens (including phenoxy) is 1. The maximum absolute atomic E-state index is 11.2. The van der Waals surface area contributed by atoms with E-state index in [1.54, 1.807) is 13.1 Å².